The lowest BCUT2D eigenvalue weighted by Crippen LogP contribution is -2.28. The van der Waals surface area contributed by atoms with Crippen LogP contribution in [-0.4, -0.2) is 6.04 Å². The van der Waals surface area contributed by atoms with Gasteiger partial charge in [0.2, 0.25) is 0 Å². The average molecular weight is 302 g/mol. The number of ether oxygens (including phenoxy) is 1. The molecular formula is C13H13Cl2NOS. The Bertz CT molecular complexity index is 493. The Labute approximate surface area is 120 Å². The van der Waals surface area contributed by atoms with Crippen molar-refractivity contribution >= 4 is 34.5 Å². The van der Waals surface area contributed by atoms with Gasteiger partial charge in [0.1, 0.15) is 11.9 Å². The number of rotatable bonds is 4. The predicted octanol–water partition coefficient (Wildman–Crippen LogP) is 4.52. The van der Waals surface area contributed by atoms with Crippen LogP contribution >= 0.6 is 34.5 Å². The van der Waals surface area contributed by atoms with Gasteiger partial charge in [0.15, 0.2) is 0 Å². The molecule has 0 bridgehead atoms. The maximum Gasteiger partial charge on any atom is 0.139 e. The second-order valence-corrected chi connectivity index (χ2v) is 5.71. The Kier molecular flexibility index (Phi) is 4.51. The van der Waals surface area contributed by atoms with Gasteiger partial charge in [-0.1, -0.05) is 23.2 Å². The molecule has 2 aromatic rings. The van der Waals surface area contributed by atoms with E-state index in [1.165, 1.54) is 0 Å². The lowest BCUT2D eigenvalue weighted by molar-refractivity contribution is 0.181. The summed E-state index contributed by atoms with van der Waals surface area (Å²) in [6.45, 7) is 1.91. The molecule has 0 fully saturated rings. The second-order valence-electron chi connectivity index (χ2n) is 4.06. The summed E-state index contributed by atoms with van der Waals surface area (Å²) in [5.74, 6) is 0.626. The first kappa shape index (κ1) is 13.7. The number of hydrogen-bond acceptors (Lipinski definition) is 3. The van der Waals surface area contributed by atoms with E-state index in [0.29, 0.717) is 15.8 Å². The van der Waals surface area contributed by atoms with Gasteiger partial charge in [-0.25, -0.2) is 0 Å². The average Bonchev–Trinajstić information content (AvgIpc) is 2.77. The highest BCUT2D eigenvalue weighted by atomic mass is 35.5. The Balaban J connectivity index is 2.24. The molecule has 0 saturated heterocycles. The van der Waals surface area contributed by atoms with Gasteiger partial charge in [-0.2, -0.15) is 11.3 Å². The van der Waals surface area contributed by atoms with E-state index in [9.17, 15) is 0 Å². The zero-order chi connectivity index (χ0) is 13.1. The van der Waals surface area contributed by atoms with E-state index in [-0.39, 0.29) is 12.1 Å². The van der Waals surface area contributed by atoms with Crippen molar-refractivity contribution in [1.82, 2.24) is 0 Å². The topological polar surface area (TPSA) is 35.2 Å². The summed E-state index contributed by atoms with van der Waals surface area (Å²) >= 11 is 13.5. The summed E-state index contributed by atoms with van der Waals surface area (Å²) in [7, 11) is 0. The maximum absolute atomic E-state index is 5.97. The zero-order valence-corrected chi connectivity index (χ0v) is 12.1. The Morgan fingerprint density at radius 3 is 2.39 bits per heavy atom. The van der Waals surface area contributed by atoms with Crippen molar-refractivity contribution in [3.63, 3.8) is 0 Å². The van der Waals surface area contributed by atoms with Crippen molar-refractivity contribution in [2.75, 3.05) is 0 Å². The molecule has 2 atom stereocenters. The SMILES string of the molecule is CC(N)C(Oc1cc(Cl)cc(Cl)c1)c1ccsc1. The Morgan fingerprint density at radius 1 is 1.22 bits per heavy atom. The lowest BCUT2D eigenvalue weighted by atomic mass is 10.1. The molecule has 0 saturated carbocycles. The number of hydrogen-bond donors (Lipinski definition) is 1. The number of benzene rings is 1. The molecule has 18 heavy (non-hydrogen) atoms. The van der Waals surface area contributed by atoms with E-state index in [1.807, 2.05) is 23.8 Å². The molecule has 2 N–H and O–H groups in total. The third-order valence-corrected chi connectivity index (χ3v) is 3.59. The molecule has 96 valence electrons. The van der Waals surface area contributed by atoms with E-state index in [0.717, 1.165) is 5.56 Å². The standard InChI is InChI=1S/C13H13Cl2NOS/c1-8(16)13(9-2-3-18-7-9)17-12-5-10(14)4-11(15)6-12/h2-8,13H,16H2,1H3. The first-order chi connectivity index (χ1) is 8.56. The second kappa shape index (κ2) is 5.93. The number of halogens is 2. The molecule has 2 unspecified atom stereocenters. The van der Waals surface area contributed by atoms with E-state index in [2.05, 4.69) is 0 Å². The van der Waals surface area contributed by atoms with Crippen LogP contribution in [0.25, 0.3) is 0 Å². The molecule has 0 radical (unpaired) electrons. The minimum atomic E-state index is -0.203. The minimum Gasteiger partial charge on any atom is -0.484 e. The van der Waals surface area contributed by atoms with E-state index >= 15 is 0 Å². The fourth-order valence-corrected chi connectivity index (χ4v) is 2.85. The summed E-state index contributed by atoms with van der Waals surface area (Å²) in [6.07, 6.45) is -0.203. The molecule has 2 rings (SSSR count). The summed E-state index contributed by atoms with van der Waals surface area (Å²) in [5, 5.41) is 5.12. The molecule has 0 aliphatic carbocycles. The van der Waals surface area contributed by atoms with E-state index in [4.69, 9.17) is 33.7 Å². The van der Waals surface area contributed by atoms with Crippen LogP contribution in [-0.2, 0) is 0 Å². The molecule has 5 heteroatoms. The third-order valence-electron chi connectivity index (χ3n) is 2.45. The van der Waals surface area contributed by atoms with Crippen molar-refractivity contribution in [1.29, 1.82) is 0 Å². The van der Waals surface area contributed by atoms with Crippen LogP contribution in [0.4, 0.5) is 0 Å². The molecule has 1 aromatic carbocycles. The summed E-state index contributed by atoms with van der Waals surface area (Å²) < 4.78 is 5.89. The predicted molar refractivity (Wildman–Crippen MR) is 77.8 cm³/mol. The van der Waals surface area contributed by atoms with Crippen LogP contribution in [0.3, 0.4) is 0 Å². The van der Waals surface area contributed by atoms with Gasteiger partial charge in [0, 0.05) is 21.7 Å². The van der Waals surface area contributed by atoms with Crippen molar-refractivity contribution in [3.8, 4) is 5.75 Å². The van der Waals surface area contributed by atoms with Gasteiger partial charge >= 0.3 is 0 Å². The van der Waals surface area contributed by atoms with Crippen LogP contribution in [0.15, 0.2) is 35.0 Å². The summed E-state index contributed by atoms with van der Waals surface area (Å²) in [5.41, 5.74) is 7.03. The highest BCUT2D eigenvalue weighted by Gasteiger charge is 2.19. The summed E-state index contributed by atoms with van der Waals surface area (Å²) in [4.78, 5) is 0. The largest absolute Gasteiger partial charge is 0.484 e. The van der Waals surface area contributed by atoms with Gasteiger partial charge in [0.05, 0.1) is 0 Å². The molecule has 1 aromatic heterocycles. The van der Waals surface area contributed by atoms with E-state index in [1.54, 1.807) is 29.5 Å². The molecule has 1 heterocycles. The van der Waals surface area contributed by atoms with Crippen LogP contribution in [0, 0.1) is 0 Å². The minimum absolute atomic E-state index is 0.127. The third kappa shape index (κ3) is 3.39. The number of nitrogens with two attached hydrogens (primary N) is 1. The first-order valence-electron chi connectivity index (χ1n) is 5.46. The fourth-order valence-electron chi connectivity index (χ4n) is 1.66. The highest BCUT2D eigenvalue weighted by molar-refractivity contribution is 7.07. The molecule has 0 amide bonds. The van der Waals surface area contributed by atoms with Crippen LogP contribution < -0.4 is 10.5 Å². The zero-order valence-electron chi connectivity index (χ0n) is 9.77. The van der Waals surface area contributed by atoms with Gasteiger partial charge in [-0.05, 0) is 41.9 Å². The van der Waals surface area contributed by atoms with Crippen molar-refractivity contribution in [2.24, 2.45) is 5.73 Å². The highest BCUT2D eigenvalue weighted by Crippen LogP contribution is 2.30. The Morgan fingerprint density at radius 2 is 1.89 bits per heavy atom. The van der Waals surface area contributed by atoms with Crippen LogP contribution in [0.2, 0.25) is 10.0 Å². The van der Waals surface area contributed by atoms with Crippen molar-refractivity contribution in [3.05, 3.63) is 50.6 Å². The molecule has 0 aliphatic heterocycles. The summed E-state index contributed by atoms with van der Waals surface area (Å²) in [6, 6.07) is 7.01. The molecule has 0 spiro atoms. The smallest absolute Gasteiger partial charge is 0.139 e. The molecular weight excluding hydrogens is 289 g/mol. The van der Waals surface area contributed by atoms with E-state index < -0.39 is 0 Å². The van der Waals surface area contributed by atoms with Crippen LogP contribution in [0.1, 0.15) is 18.6 Å². The van der Waals surface area contributed by atoms with Crippen LogP contribution in [0.5, 0.6) is 5.75 Å². The Hall–Kier alpha value is -0.740. The first-order valence-corrected chi connectivity index (χ1v) is 7.16. The van der Waals surface area contributed by atoms with Gasteiger partial charge < -0.3 is 10.5 Å². The normalized spacial score (nSPS) is 14.2. The van der Waals surface area contributed by atoms with Crippen molar-refractivity contribution in [2.45, 2.75) is 19.1 Å². The van der Waals surface area contributed by atoms with Crippen molar-refractivity contribution < 1.29 is 4.74 Å². The maximum atomic E-state index is 5.97. The monoisotopic (exact) mass is 301 g/mol. The molecule has 0 aliphatic rings. The fraction of sp³-hybridized carbons (Fsp3) is 0.231. The number of thiophene rings is 1. The van der Waals surface area contributed by atoms with Gasteiger partial charge in [-0.3, -0.25) is 0 Å². The van der Waals surface area contributed by atoms with Gasteiger partial charge in [0.25, 0.3) is 0 Å². The van der Waals surface area contributed by atoms with Gasteiger partial charge in [-0.15, -0.1) is 0 Å². The quantitative estimate of drug-likeness (QED) is 0.901. The lowest BCUT2D eigenvalue weighted by Gasteiger charge is -2.22. The molecule has 2 nitrogen and oxygen atoms in total.